The number of hydrogen-bond donors (Lipinski definition) is 0. The molecule has 0 aliphatic rings. The number of methoxy groups -OCH3 is 1. The lowest BCUT2D eigenvalue weighted by molar-refractivity contribution is 0.413. The molecule has 4 rings (SSSR count). The number of ether oxygens (including phenoxy) is 2. The Hall–Kier alpha value is -2.85. The molecule has 0 amide bonds. The first-order valence-electron chi connectivity index (χ1n) is 8.20. The van der Waals surface area contributed by atoms with E-state index in [0.717, 1.165) is 38.1 Å². The Morgan fingerprint density at radius 1 is 0.808 bits per heavy atom. The van der Waals surface area contributed by atoms with Crippen LogP contribution in [0, 0.1) is 0 Å². The van der Waals surface area contributed by atoms with Gasteiger partial charge in [0.25, 0.3) is 0 Å². The number of fused-ring (bicyclic) bond motifs is 1. The summed E-state index contributed by atoms with van der Waals surface area (Å²) in [6, 6.07) is 25.7. The number of nitrogens with zero attached hydrogens (tertiary/aromatic N) is 1. The molecule has 0 fully saturated rings. The molecule has 0 N–H and O–H groups in total. The summed E-state index contributed by atoms with van der Waals surface area (Å²) < 4.78 is 12.4. The first-order valence-corrected chi connectivity index (χ1v) is 9.00. The van der Waals surface area contributed by atoms with Crippen LogP contribution in [0.25, 0.3) is 22.2 Å². The third-order valence-corrected chi connectivity index (χ3v) is 4.57. The highest BCUT2D eigenvalue weighted by Gasteiger charge is 2.12. The van der Waals surface area contributed by atoms with E-state index in [-0.39, 0.29) is 0 Å². The van der Waals surface area contributed by atoms with E-state index in [0.29, 0.717) is 5.75 Å². The normalized spacial score (nSPS) is 10.7. The van der Waals surface area contributed by atoms with Gasteiger partial charge in [-0.3, -0.25) is 0 Å². The van der Waals surface area contributed by atoms with E-state index in [1.807, 2.05) is 78.9 Å². The molecule has 0 atom stereocenters. The highest BCUT2D eigenvalue weighted by molar-refractivity contribution is 9.10. The molecule has 26 heavy (non-hydrogen) atoms. The van der Waals surface area contributed by atoms with Gasteiger partial charge >= 0.3 is 0 Å². The molecule has 128 valence electrons. The molecule has 0 saturated carbocycles. The standard InChI is InChI=1S/C22H16BrNO2/c1-25-18-8-10-19(11-9-18)26-21-14-16-13-17(23)7-12-20(16)24-22(21)15-5-3-2-4-6-15/h2-14H,1H3. The maximum Gasteiger partial charge on any atom is 0.154 e. The summed E-state index contributed by atoms with van der Waals surface area (Å²) in [5.74, 6) is 2.24. The number of benzene rings is 3. The van der Waals surface area contributed by atoms with Gasteiger partial charge in [-0.1, -0.05) is 46.3 Å². The lowest BCUT2D eigenvalue weighted by Gasteiger charge is -2.13. The van der Waals surface area contributed by atoms with Crippen LogP contribution < -0.4 is 9.47 Å². The van der Waals surface area contributed by atoms with Gasteiger partial charge in [-0.05, 0) is 48.5 Å². The fourth-order valence-corrected chi connectivity index (χ4v) is 3.16. The maximum atomic E-state index is 6.18. The summed E-state index contributed by atoms with van der Waals surface area (Å²) in [6.45, 7) is 0. The van der Waals surface area contributed by atoms with Crippen molar-refractivity contribution in [2.45, 2.75) is 0 Å². The first kappa shape index (κ1) is 16.6. The average Bonchev–Trinajstić information content (AvgIpc) is 2.68. The minimum atomic E-state index is 0.715. The molecule has 0 unspecified atom stereocenters. The molecule has 0 radical (unpaired) electrons. The summed E-state index contributed by atoms with van der Waals surface area (Å²) >= 11 is 3.52. The van der Waals surface area contributed by atoms with Crippen LogP contribution >= 0.6 is 15.9 Å². The molecule has 4 aromatic rings. The van der Waals surface area contributed by atoms with Gasteiger partial charge in [0.05, 0.1) is 12.6 Å². The van der Waals surface area contributed by atoms with Gasteiger partial charge in [-0.25, -0.2) is 4.98 Å². The van der Waals surface area contributed by atoms with Crippen molar-refractivity contribution in [2.24, 2.45) is 0 Å². The van der Waals surface area contributed by atoms with Gasteiger partial charge in [-0.2, -0.15) is 0 Å². The Kier molecular flexibility index (Phi) is 4.59. The van der Waals surface area contributed by atoms with Crippen molar-refractivity contribution in [1.29, 1.82) is 0 Å². The van der Waals surface area contributed by atoms with Gasteiger partial charge in [0, 0.05) is 15.4 Å². The van der Waals surface area contributed by atoms with E-state index >= 15 is 0 Å². The van der Waals surface area contributed by atoms with E-state index in [1.165, 1.54) is 0 Å². The second-order valence-corrected chi connectivity index (χ2v) is 6.73. The Bertz CT molecular complexity index is 1050. The average molecular weight is 406 g/mol. The second kappa shape index (κ2) is 7.18. The molecule has 0 saturated heterocycles. The number of aromatic nitrogens is 1. The lowest BCUT2D eigenvalue weighted by atomic mass is 10.1. The number of hydrogen-bond acceptors (Lipinski definition) is 3. The number of halogens is 1. The van der Waals surface area contributed by atoms with Gasteiger partial charge in [-0.15, -0.1) is 0 Å². The minimum absolute atomic E-state index is 0.715. The molecule has 4 heteroatoms. The van der Waals surface area contributed by atoms with Crippen LogP contribution in [0.5, 0.6) is 17.2 Å². The van der Waals surface area contributed by atoms with Crippen molar-refractivity contribution in [3.63, 3.8) is 0 Å². The Labute approximate surface area is 160 Å². The topological polar surface area (TPSA) is 31.4 Å². The third kappa shape index (κ3) is 3.41. The van der Waals surface area contributed by atoms with Crippen molar-refractivity contribution in [1.82, 2.24) is 4.98 Å². The van der Waals surface area contributed by atoms with Crippen molar-refractivity contribution < 1.29 is 9.47 Å². The van der Waals surface area contributed by atoms with Crippen LogP contribution in [0.15, 0.2) is 83.3 Å². The smallest absolute Gasteiger partial charge is 0.154 e. The molecule has 1 aromatic heterocycles. The fourth-order valence-electron chi connectivity index (χ4n) is 2.78. The monoisotopic (exact) mass is 405 g/mol. The van der Waals surface area contributed by atoms with Crippen LogP contribution in [0.1, 0.15) is 0 Å². The molecule has 0 spiro atoms. The Morgan fingerprint density at radius 2 is 1.54 bits per heavy atom. The summed E-state index contributed by atoms with van der Waals surface area (Å²) in [5, 5.41) is 1.02. The Balaban J connectivity index is 1.84. The van der Waals surface area contributed by atoms with E-state index in [4.69, 9.17) is 14.5 Å². The molecule has 0 aliphatic heterocycles. The summed E-state index contributed by atoms with van der Waals surface area (Å²) in [4.78, 5) is 4.85. The molecule has 0 aliphatic carbocycles. The van der Waals surface area contributed by atoms with E-state index in [9.17, 15) is 0 Å². The zero-order valence-corrected chi connectivity index (χ0v) is 15.7. The molecule has 3 nitrogen and oxygen atoms in total. The zero-order chi connectivity index (χ0) is 17.9. The SMILES string of the molecule is COc1ccc(Oc2cc3cc(Br)ccc3nc2-c2ccccc2)cc1. The van der Waals surface area contributed by atoms with Crippen LogP contribution in [0.3, 0.4) is 0 Å². The van der Waals surface area contributed by atoms with Gasteiger partial charge in [0.2, 0.25) is 0 Å². The predicted molar refractivity (Wildman–Crippen MR) is 108 cm³/mol. The highest BCUT2D eigenvalue weighted by atomic mass is 79.9. The van der Waals surface area contributed by atoms with E-state index in [1.54, 1.807) is 7.11 Å². The molecule has 3 aromatic carbocycles. The second-order valence-electron chi connectivity index (χ2n) is 5.82. The van der Waals surface area contributed by atoms with E-state index < -0.39 is 0 Å². The largest absolute Gasteiger partial charge is 0.497 e. The summed E-state index contributed by atoms with van der Waals surface area (Å²) in [5.41, 5.74) is 2.76. The number of rotatable bonds is 4. The van der Waals surface area contributed by atoms with Crippen molar-refractivity contribution in [3.8, 4) is 28.5 Å². The fraction of sp³-hybridized carbons (Fsp3) is 0.0455. The van der Waals surface area contributed by atoms with Crippen molar-refractivity contribution in [3.05, 3.63) is 83.3 Å². The van der Waals surface area contributed by atoms with Crippen LogP contribution in [0.2, 0.25) is 0 Å². The van der Waals surface area contributed by atoms with Crippen molar-refractivity contribution in [2.75, 3.05) is 7.11 Å². The highest BCUT2D eigenvalue weighted by Crippen LogP contribution is 2.35. The minimum Gasteiger partial charge on any atom is -0.497 e. The quantitative estimate of drug-likeness (QED) is 0.390. The van der Waals surface area contributed by atoms with Crippen molar-refractivity contribution >= 4 is 26.8 Å². The van der Waals surface area contributed by atoms with E-state index in [2.05, 4.69) is 15.9 Å². The van der Waals surface area contributed by atoms with Gasteiger partial charge < -0.3 is 9.47 Å². The van der Waals surface area contributed by atoms with Gasteiger partial charge in [0.1, 0.15) is 17.2 Å². The molecular weight excluding hydrogens is 390 g/mol. The van der Waals surface area contributed by atoms with Gasteiger partial charge in [0.15, 0.2) is 5.75 Å². The molecule has 0 bridgehead atoms. The number of pyridine rings is 1. The van der Waals surface area contributed by atoms with Crippen LogP contribution in [0.4, 0.5) is 0 Å². The first-order chi connectivity index (χ1) is 12.7. The lowest BCUT2D eigenvalue weighted by Crippen LogP contribution is -1.93. The van der Waals surface area contributed by atoms with Crippen LogP contribution in [-0.2, 0) is 0 Å². The van der Waals surface area contributed by atoms with Crippen LogP contribution in [-0.4, -0.2) is 12.1 Å². The predicted octanol–water partition coefficient (Wildman–Crippen LogP) is 6.47. The third-order valence-electron chi connectivity index (χ3n) is 4.08. The molecular formula is C22H16BrNO2. The maximum absolute atomic E-state index is 6.18. The Morgan fingerprint density at radius 3 is 2.27 bits per heavy atom. The summed E-state index contributed by atoms with van der Waals surface area (Å²) in [6.07, 6.45) is 0. The molecule has 1 heterocycles. The zero-order valence-electron chi connectivity index (χ0n) is 14.1. The summed E-state index contributed by atoms with van der Waals surface area (Å²) in [7, 11) is 1.65.